The van der Waals surface area contributed by atoms with Gasteiger partial charge in [0.15, 0.2) is 5.60 Å². The van der Waals surface area contributed by atoms with E-state index in [1.807, 2.05) is 6.92 Å². The second kappa shape index (κ2) is 9.26. The fourth-order valence-corrected chi connectivity index (χ4v) is 4.99. The van der Waals surface area contributed by atoms with Crippen molar-refractivity contribution in [2.75, 3.05) is 36.0 Å². The van der Waals surface area contributed by atoms with E-state index < -0.39 is 5.60 Å². The van der Waals surface area contributed by atoms with Gasteiger partial charge in [0.2, 0.25) is 0 Å². The number of nitrogens with zero attached hydrogens (tertiary/aromatic N) is 3. The molecule has 5 heteroatoms. The van der Waals surface area contributed by atoms with Crippen LogP contribution in [0.15, 0.2) is 60.8 Å². The maximum atomic E-state index is 13.0. The molecule has 1 aromatic heterocycles. The van der Waals surface area contributed by atoms with Crippen molar-refractivity contribution in [1.29, 1.82) is 0 Å². The summed E-state index contributed by atoms with van der Waals surface area (Å²) in [5, 5.41) is 0. The van der Waals surface area contributed by atoms with E-state index in [4.69, 9.17) is 4.74 Å². The van der Waals surface area contributed by atoms with Crippen LogP contribution < -0.4 is 9.80 Å². The minimum atomic E-state index is -1.02. The number of hydrogen-bond donors (Lipinski definition) is 0. The summed E-state index contributed by atoms with van der Waals surface area (Å²) in [5.74, 6) is -0.309. The lowest BCUT2D eigenvalue weighted by Crippen LogP contribution is -2.31. The molecular weight excluding hydrogens is 410 g/mol. The second-order valence-corrected chi connectivity index (χ2v) is 8.33. The van der Waals surface area contributed by atoms with E-state index in [0.717, 1.165) is 59.9 Å². The van der Waals surface area contributed by atoms with Crippen LogP contribution >= 0.6 is 0 Å². The number of rotatable bonds is 8. The molecule has 0 radical (unpaired) electrons. The topological polar surface area (TPSA) is 45.7 Å². The van der Waals surface area contributed by atoms with E-state index in [1.54, 1.807) is 12.3 Å². The lowest BCUT2D eigenvalue weighted by Gasteiger charge is -2.32. The Morgan fingerprint density at radius 1 is 0.758 bits per heavy atom. The summed E-state index contributed by atoms with van der Waals surface area (Å²) in [4.78, 5) is 22.2. The van der Waals surface area contributed by atoms with Crippen LogP contribution in [0.25, 0.3) is 0 Å². The van der Waals surface area contributed by atoms with E-state index in [0.29, 0.717) is 5.56 Å². The highest BCUT2D eigenvalue weighted by Gasteiger charge is 2.50. The first-order valence-corrected chi connectivity index (χ1v) is 11.9. The minimum absolute atomic E-state index is 0.309. The number of anilines is 2. The largest absolute Gasteiger partial charge is 0.441 e. The highest BCUT2D eigenvalue weighted by molar-refractivity contribution is 5.96. The molecule has 3 aromatic rings. The van der Waals surface area contributed by atoms with Gasteiger partial charge < -0.3 is 14.5 Å². The van der Waals surface area contributed by atoms with Gasteiger partial charge in [-0.15, -0.1) is 0 Å². The van der Waals surface area contributed by atoms with Crippen LogP contribution in [0.5, 0.6) is 0 Å². The summed E-state index contributed by atoms with van der Waals surface area (Å²) in [6.07, 6.45) is 1.68. The molecule has 5 nitrogen and oxygen atoms in total. The number of esters is 1. The number of aryl methyl sites for hydroxylation is 1. The second-order valence-electron chi connectivity index (χ2n) is 8.33. The first-order chi connectivity index (χ1) is 16.0. The Balaban J connectivity index is 1.90. The van der Waals surface area contributed by atoms with Crippen molar-refractivity contribution >= 4 is 17.3 Å². The number of carbonyl (C=O) groups excluding carboxylic acids is 1. The molecule has 0 saturated carbocycles. The van der Waals surface area contributed by atoms with Crippen LogP contribution in [-0.2, 0) is 10.3 Å². The Morgan fingerprint density at radius 2 is 1.21 bits per heavy atom. The van der Waals surface area contributed by atoms with Gasteiger partial charge in [-0.25, -0.2) is 4.79 Å². The lowest BCUT2D eigenvalue weighted by atomic mass is 9.79. The first-order valence-electron chi connectivity index (χ1n) is 11.9. The smallest absolute Gasteiger partial charge is 0.340 e. The van der Waals surface area contributed by atoms with E-state index in [9.17, 15) is 4.79 Å². The number of benzene rings is 2. The monoisotopic (exact) mass is 443 g/mol. The van der Waals surface area contributed by atoms with E-state index in [2.05, 4.69) is 91.0 Å². The third-order valence-electron chi connectivity index (χ3n) is 6.76. The van der Waals surface area contributed by atoms with Gasteiger partial charge in [-0.1, -0.05) is 24.3 Å². The molecule has 0 N–H and O–H groups in total. The molecule has 172 valence electrons. The summed E-state index contributed by atoms with van der Waals surface area (Å²) >= 11 is 0. The summed E-state index contributed by atoms with van der Waals surface area (Å²) in [5.41, 5.74) is 5.37. The standard InChI is InChI=1S/C28H33N3O2/c1-6-30(7-2)23-14-10-21(11-15-23)28(22-12-16-24(17-13-22)31(8-3)9-4)26-20(5)29-19-18-25(26)27(32)33-28/h10-19H,6-9H2,1-5H3. The molecule has 0 aliphatic carbocycles. The molecule has 0 spiro atoms. The van der Waals surface area contributed by atoms with Crippen molar-refractivity contribution in [2.45, 2.75) is 40.2 Å². The SMILES string of the molecule is CCN(CC)c1ccc(C2(c3ccc(N(CC)CC)cc3)OC(=O)c3ccnc(C)c32)cc1. The summed E-state index contributed by atoms with van der Waals surface area (Å²) < 4.78 is 6.27. The normalized spacial score (nSPS) is 14.0. The van der Waals surface area contributed by atoms with Gasteiger partial charge in [-0.05, 0) is 65.0 Å². The number of ether oxygens (including phenoxy) is 1. The van der Waals surface area contributed by atoms with Crippen LogP contribution in [-0.4, -0.2) is 37.1 Å². The highest BCUT2D eigenvalue weighted by Crippen LogP contribution is 2.48. The highest BCUT2D eigenvalue weighted by atomic mass is 16.6. The number of aromatic nitrogens is 1. The molecule has 33 heavy (non-hydrogen) atoms. The average Bonchev–Trinajstić information content (AvgIpc) is 3.16. The van der Waals surface area contributed by atoms with Crippen molar-refractivity contribution in [3.05, 3.63) is 88.7 Å². The summed E-state index contributed by atoms with van der Waals surface area (Å²) in [7, 11) is 0. The van der Waals surface area contributed by atoms with Crippen LogP contribution in [0.2, 0.25) is 0 Å². The molecule has 4 rings (SSSR count). The first kappa shape index (κ1) is 22.8. The maximum absolute atomic E-state index is 13.0. The minimum Gasteiger partial charge on any atom is -0.441 e. The Labute approximate surface area is 197 Å². The number of hydrogen-bond acceptors (Lipinski definition) is 5. The Kier molecular flexibility index (Phi) is 6.41. The molecule has 1 aliphatic heterocycles. The van der Waals surface area contributed by atoms with Crippen molar-refractivity contribution in [1.82, 2.24) is 4.98 Å². The molecule has 1 aliphatic rings. The predicted octanol–water partition coefficient (Wildman–Crippen LogP) is 5.54. The van der Waals surface area contributed by atoms with Gasteiger partial charge in [-0.3, -0.25) is 4.98 Å². The quantitative estimate of drug-likeness (QED) is 0.428. The van der Waals surface area contributed by atoms with E-state index in [1.165, 1.54) is 0 Å². The zero-order valence-electron chi connectivity index (χ0n) is 20.3. The third-order valence-corrected chi connectivity index (χ3v) is 6.76. The van der Waals surface area contributed by atoms with Gasteiger partial charge in [-0.2, -0.15) is 0 Å². The third kappa shape index (κ3) is 3.75. The van der Waals surface area contributed by atoms with Crippen LogP contribution in [0.4, 0.5) is 11.4 Å². The van der Waals surface area contributed by atoms with E-state index in [-0.39, 0.29) is 5.97 Å². The van der Waals surface area contributed by atoms with Crippen molar-refractivity contribution < 1.29 is 9.53 Å². The van der Waals surface area contributed by atoms with Gasteiger partial charge in [0.1, 0.15) is 0 Å². The van der Waals surface area contributed by atoms with Crippen molar-refractivity contribution in [3.8, 4) is 0 Å². The van der Waals surface area contributed by atoms with Gasteiger partial charge in [0.25, 0.3) is 0 Å². The summed E-state index contributed by atoms with van der Waals surface area (Å²) in [6.45, 7) is 14.3. The molecule has 0 saturated heterocycles. The maximum Gasteiger partial charge on any atom is 0.340 e. The van der Waals surface area contributed by atoms with Gasteiger partial charge in [0, 0.05) is 66.1 Å². The number of pyridine rings is 1. The zero-order chi connectivity index (χ0) is 23.6. The Bertz CT molecular complexity index is 1060. The summed E-state index contributed by atoms with van der Waals surface area (Å²) in [6, 6.07) is 18.6. The molecular formula is C28H33N3O2. The number of fused-ring (bicyclic) bond motifs is 1. The average molecular weight is 444 g/mol. The number of carbonyl (C=O) groups is 1. The number of cyclic esters (lactones) is 1. The lowest BCUT2D eigenvalue weighted by molar-refractivity contribution is 0.0250. The Morgan fingerprint density at radius 3 is 1.64 bits per heavy atom. The zero-order valence-corrected chi connectivity index (χ0v) is 20.3. The van der Waals surface area contributed by atoms with Crippen molar-refractivity contribution in [3.63, 3.8) is 0 Å². The van der Waals surface area contributed by atoms with Crippen LogP contribution in [0.1, 0.15) is 60.4 Å². The molecule has 0 atom stereocenters. The molecule has 0 unspecified atom stereocenters. The van der Waals surface area contributed by atoms with Crippen molar-refractivity contribution in [2.24, 2.45) is 0 Å². The molecule has 0 amide bonds. The van der Waals surface area contributed by atoms with Gasteiger partial charge in [0.05, 0.1) is 5.56 Å². The van der Waals surface area contributed by atoms with Crippen LogP contribution in [0.3, 0.4) is 0 Å². The molecule has 2 aromatic carbocycles. The fourth-order valence-electron chi connectivity index (χ4n) is 4.99. The van der Waals surface area contributed by atoms with Gasteiger partial charge >= 0.3 is 5.97 Å². The van der Waals surface area contributed by atoms with Crippen LogP contribution in [0, 0.1) is 6.92 Å². The molecule has 0 fully saturated rings. The fraction of sp³-hybridized carbons (Fsp3) is 0.357. The predicted molar refractivity (Wildman–Crippen MR) is 134 cm³/mol. The molecule has 0 bridgehead atoms. The van der Waals surface area contributed by atoms with E-state index >= 15 is 0 Å². The Hall–Kier alpha value is -3.34. The molecule has 2 heterocycles.